The summed E-state index contributed by atoms with van der Waals surface area (Å²) in [5, 5.41) is 5.06. The quantitative estimate of drug-likeness (QED) is 0.499. The molecule has 1 fully saturated rings. The van der Waals surface area contributed by atoms with Gasteiger partial charge in [-0.2, -0.15) is 0 Å². The molecule has 3 aromatic rings. The van der Waals surface area contributed by atoms with E-state index in [-0.39, 0.29) is 36.8 Å². The molecule has 2 amide bonds. The minimum Gasteiger partial charge on any atom is -0.483 e. The number of amides is 2. The number of ether oxygens (including phenoxy) is 1. The van der Waals surface area contributed by atoms with Crippen molar-refractivity contribution in [1.29, 1.82) is 0 Å². The number of hydrogen-bond acceptors (Lipinski definition) is 3. The zero-order valence-electron chi connectivity index (χ0n) is 19.5. The maximum atomic E-state index is 13.4. The lowest BCUT2D eigenvalue weighted by Crippen LogP contribution is -2.51. The van der Waals surface area contributed by atoms with Crippen molar-refractivity contribution in [1.82, 2.24) is 10.2 Å². The Kier molecular flexibility index (Phi) is 7.78. The fourth-order valence-corrected chi connectivity index (χ4v) is 4.48. The Labute approximate surface area is 199 Å². The fourth-order valence-electron chi connectivity index (χ4n) is 4.48. The van der Waals surface area contributed by atoms with Gasteiger partial charge >= 0.3 is 0 Å². The average molecular weight is 463 g/mol. The van der Waals surface area contributed by atoms with E-state index in [1.54, 1.807) is 19.1 Å². The third-order valence-corrected chi connectivity index (χ3v) is 6.49. The minimum atomic E-state index is -0.685. The molecule has 1 atom stereocenters. The Morgan fingerprint density at radius 3 is 2.47 bits per heavy atom. The van der Waals surface area contributed by atoms with Gasteiger partial charge in [0, 0.05) is 18.0 Å². The molecule has 3 aromatic carbocycles. The van der Waals surface area contributed by atoms with Crippen LogP contribution in [0, 0.1) is 5.82 Å². The number of fused-ring (bicyclic) bond motifs is 1. The number of halogens is 1. The molecule has 1 saturated carbocycles. The van der Waals surface area contributed by atoms with Crippen LogP contribution in [-0.2, 0) is 16.1 Å². The normalized spacial score (nSPS) is 15.0. The molecule has 0 aliphatic heterocycles. The largest absolute Gasteiger partial charge is 0.483 e. The van der Waals surface area contributed by atoms with Crippen molar-refractivity contribution in [3.63, 3.8) is 0 Å². The number of benzene rings is 3. The highest BCUT2D eigenvalue weighted by atomic mass is 19.1. The predicted molar refractivity (Wildman–Crippen MR) is 131 cm³/mol. The summed E-state index contributed by atoms with van der Waals surface area (Å²) < 4.78 is 19.3. The molecule has 0 aromatic heterocycles. The molecule has 1 aliphatic carbocycles. The molecule has 0 spiro atoms. The first-order valence-corrected chi connectivity index (χ1v) is 12.0. The van der Waals surface area contributed by atoms with Crippen LogP contribution in [0.3, 0.4) is 0 Å². The second kappa shape index (κ2) is 11.1. The molecule has 0 radical (unpaired) electrons. The van der Waals surface area contributed by atoms with Crippen molar-refractivity contribution in [2.75, 3.05) is 6.61 Å². The number of nitrogens with zero attached hydrogens (tertiary/aromatic N) is 1. The molecule has 1 aliphatic rings. The van der Waals surface area contributed by atoms with Crippen molar-refractivity contribution < 1.29 is 18.7 Å². The third kappa shape index (κ3) is 5.93. The van der Waals surface area contributed by atoms with Crippen molar-refractivity contribution in [3.05, 3.63) is 78.1 Å². The highest BCUT2D eigenvalue weighted by Crippen LogP contribution is 2.25. The van der Waals surface area contributed by atoms with E-state index in [0.29, 0.717) is 5.75 Å². The van der Waals surface area contributed by atoms with Crippen LogP contribution in [0.2, 0.25) is 0 Å². The Bertz CT molecular complexity index is 1120. The Hall–Kier alpha value is -3.41. The Morgan fingerprint density at radius 2 is 1.71 bits per heavy atom. The van der Waals surface area contributed by atoms with E-state index in [2.05, 4.69) is 5.32 Å². The fraction of sp³-hybridized carbons (Fsp3) is 0.357. The van der Waals surface area contributed by atoms with Gasteiger partial charge in [0.1, 0.15) is 17.6 Å². The summed E-state index contributed by atoms with van der Waals surface area (Å²) in [5.74, 6) is -0.201. The van der Waals surface area contributed by atoms with Crippen LogP contribution in [0.25, 0.3) is 10.8 Å². The maximum Gasteiger partial charge on any atom is 0.261 e. The van der Waals surface area contributed by atoms with Crippen molar-refractivity contribution in [3.8, 4) is 5.75 Å². The number of carbonyl (C=O) groups is 2. The summed E-state index contributed by atoms with van der Waals surface area (Å²) in [4.78, 5) is 27.9. The topological polar surface area (TPSA) is 58.6 Å². The SMILES string of the molecule is C[C@@H](C(=O)NC1CCCCC1)N(Cc1ccc(F)cc1)C(=O)COc1cccc2ccccc12. The van der Waals surface area contributed by atoms with Crippen LogP contribution in [-0.4, -0.2) is 35.4 Å². The van der Waals surface area contributed by atoms with Gasteiger partial charge in [-0.25, -0.2) is 4.39 Å². The number of nitrogens with one attached hydrogen (secondary N) is 1. The summed E-state index contributed by atoms with van der Waals surface area (Å²) in [6.45, 7) is 1.73. The second-order valence-corrected chi connectivity index (χ2v) is 8.93. The molecular formula is C28H31FN2O3. The van der Waals surface area contributed by atoms with Gasteiger partial charge in [0.05, 0.1) is 0 Å². The highest BCUT2D eigenvalue weighted by Gasteiger charge is 2.28. The molecule has 178 valence electrons. The summed E-state index contributed by atoms with van der Waals surface area (Å²) in [7, 11) is 0. The summed E-state index contributed by atoms with van der Waals surface area (Å²) in [6, 6.07) is 19.0. The molecule has 0 unspecified atom stereocenters. The first-order valence-electron chi connectivity index (χ1n) is 12.0. The molecule has 0 saturated heterocycles. The van der Waals surface area contributed by atoms with Crippen molar-refractivity contribution >= 4 is 22.6 Å². The van der Waals surface area contributed by atoms with Crippen LogP contribution in [0.1, 0.15) is 44.6 Å². The summed E-state index contributed by atoms with van der Waals surface area (Å²) >= 11 is 0. The summed E-state index contributed by atoms with van der Waals surface area (Å²) in [6.07, 6.45) is 5.35. The van der Waals surface area contributed by atoms with Crippen LogP contribution in [0.5, 0.6) is 5.75 Å². The van der Waals surface area contributed by atoms with Crippen LogP contribution < -0.4 is 10.1 Å². The maximum absolute atomic E-state index is 13.4. The Morgan fingerprint density at radius 1 is 1.00 bits per heavy atom. The van der Waals surface area contributed by atoms with Gasteiger partial charge in [-0.1, -0.05) is 67.8 Å². The second-order valence-electron chi connectivity index (χ2n) is 8.93. The van der Waals surface area contributed by atoms with Gasteiger partial charge in [-0.3, -0.25) is 9.59 Å². The van der Waals surface area contributed by atoms with E-state index in [9.17, 15) is 14.0 Å². The number of rotatable bonds is 8. The first kappa shape index (κ1) is 23.7. The Balaban J connectivity index is 1.49. The van der Waals surface area contributed by atoms with Gasteiger partial charge in [-0.15, -0.1) is 0 Å². The van der Waals surface area contributed by atoms with E-state index in [4.69, 9.17) is 4.74 Å². The van der Waals surface area contributed by atoms with Gasteiger partial charge in [0.15, 0.2) is 6.61 Å². The molecule has 0 bridgehead atoms. The van der Waals surface area contributed by atoms with Gasteiger partial charge in [-0.05, 0) is 48.9 Å². The molecule has 4 rings (SSSR count). The average Bonchev–Trinajstić information content (AvgIpc) is 2.87. The molecule has 0 heterocycles. The third-order valence-electron chi connectivity index (χ3n) is 6.49. The molecule has 34 heavy (non-hydrogen) atoms. The van der Waals surface area contributed by atoms with Crippen molar-refractivity contribution in [2.45, 2.75) is 57.7 Å². The lowest BCUT2D eigenvalue weighted by atomic mass is 9.95. The number of carbonyl (C=O) groups excluding carboxylic acids is 2. The molecule has 1 N–H and O–H groups in total. The molecule has 6 heteroatoms. The predicted octanol–water partition coefficient (Wildman–Crippen LogP) is 5.22. The van der Waals surface area contributed by atoms with E-state index >= 15 is 0 Å². The lowest BCUT2D eigenvalue weighted by molar-refractivity contribution is -0.142. The zero-order chi connectivity index (χ0) is 23.9. The number of hydrogen-bond donors (Lipinski definition) is 1. The van der Waals surface area contributed by atoms with Gasteiger partial charge < -0.3 is 15.0 Å². The van der Waals surface area contributed by atoms with Crippen molar-refractivity contribution in [2.24, 2.45) is 0 Å². The summed E-state index contributed by atoms with van der Waals surface area (Å²) in [5.41, 5.74) is 0.747. The smallest absolute Gasteiger partial charge is 0.261 e. The van der Waals surface area contributed by atoms with Crippen LogP contribution in [0.15, 0.2) is 66.7 Å². The molecule has 5 nitrogen and oxygen atoms in total. The van der Waals surface area contributed by atoms with E-state index in [0.717, 1.165) is 42.0 Å². The van der Waals surface area contributed by atoms with E-state index in [1.165, 1.54) is 23.5 Å². The van der Waals surface area contributed by atoms with E-state index < -0.39 is 6.04 Å². The van der Waals surface area contributed by atoms with Gasteiger partial charge in [0.2, 0.25) is 5.91 Å². The standard InChI is InChI=1S/C28H31FN2O3/c1-20(28(33)30-24-10-3-2-4-11-24)31(18-21-14-16-23(29)17-15-21)27(32)19-34-26-13-7-9-22-8-5-6-12-25(22)26/h5-9,12-17,20,24H,2-4,10-11,18-19H2,1H3,(H,30,33)/t20-/m0/s1. The lowest BCUT2D eigenvalue weighted by Gasteiger charge is -2.31. The van der Waals surface area contributed by atoms with E-state index in [1.807, 2.05) is 42.5 Å². The highest BCUT2D eigenvalue weighted by molar-refractivity contribution is 5.90. The minimum absolute atomic E-state index is 0.151. The monoisotopic (exact) mass is 462 g/mol. The first-order chi connectivity index (χ1) is 16.5. The van der Waals surface area contributed by atoms with Gasteiger partial charge in [0.25, 0.3) is 5.91 Å². The zero-order valence-corrected chi connectivity index (χ0v) is 19.5. The van der Waals surface area contributed by atoms with Crippen LogP contribution in [0.4, 0.5) is 4.39 Å². The molecular weight excluding hydrogens is 431 g/mol. The van der Waals surface area contributed by atoms with Crippen LogP contribution >= 0.6 is 0 Å².